The van der Waals surface area contributed by atoms with Crippen LogP contribution in [0.25, 0.3) is 11.0 Å². The van der Waals surface area contributed by atoms with Gasteiger partial charge in [-0.25, -0.2) is 17.7 Å². The fraction of sp³-hybridized carbons (Fsp3) is 0.333. The summed E-state index contributed by atoms with van der Waals surface area (Å²) in [6, 6.07) is 10.2. The summed E-state index contributed by atoms with van der Waals surface area (Å²) >= 11 is 3.26. The maximum atomic E-state index is 12.8. The van der Waals surface area contributed by atoms with Gasteiger partial charge in [0, 0.05) is 42.8 Å². The molecular formula is C21H23BrN4O3S. The number of carbonyl (C=O) groups is 1. The van der Waals surface area contributed by atoms with Crippen LogP contribution in [0, 0.1) is 0 Å². The summed E-state index contributed by atoms with van der Waals surface area (Å²) in [5.74, 6) is 0.718. The van der Waals surface area contributed by atoms with E-state index in [1.54, 1.807) is 12.1 Å². The first-order chi connectivity index (χ1) is 14.3. The minimum Gasteiger partial charge on any atom is -0.328 e. The van der Waals surface area contributed by atoms with E-state index in [9.17, 15) is 13.2 Å². The number of hydrogen-bond donors (Lipinski definition) is 1. The third kappa shape index (κ3) is 3.89. The van der Waals surface area contributed by atoms with E-state index in [1.165, 1.54) is 26.6 Å². The quantitative estimate of drug-likeness (QED) is 0.598. The Bertz CT molecular complexity index is 1230. The molecule has 0 saturated carbocycles. The maximum Gasteiger partial charge on any atom is 0.255 e. The number of fused-ring (bicyclic) bond motifs is 3. The zero-order valence-corrected chi connectivity index (χ0v) is 19.3. The Hall–Kier alpha value is -2.23. The zero-order chi connectivity index (χ0) is 21.5. The summed E-state index contributed by atoms with van der Waals surface area (Å²) in [5.41, 5.74) is 2.82. The van der Waals surface area contributed by atoms with Gasteiger partial charge in [0.1, 0.15) is 5.82 Å². The molecule has 2 aromatic carbocycles. The number of amides is 1. The van der Waals surface area contributed by atoms with Gasteiger partial charge in [-0.05, 0) is 65.2 Å². The van der Waals surface area contributed by atoms with Crippen LogP contribution in [0.4, 0.5) is 5.69 Å². The van der Waals surface area contributed by atoms with Gasteiger partial charge >= 0.3 is 0 Å². The van der Waals surface area contributed by atoms with Gasteiger partial charge in [-0.3, -0.25) is 4.79 Å². The number of aromatic nitrogens is 2. The molecule has 158 valence electrons. The maximum absolute atomic E-state index is 12.8. The van der Waals surface area contributed by atoms with Gasteiger partial charge < -0.3 is 9.88 Å². The highest BCUT2D eigenvalue weighted by molar-refractivity contribution is 9.10. The number of hydrogen-bond acceptors (Lipinski definition) is 4. The molecule has 0 bridgehead atoms. The smallest absolute Gasteiger partial charge is 0.255 e. The second-order valence-electron chi connectivity index (χ2n) is 7.58. The van der Waals surface area contributed by atoms with Crippen LogP contribution in [-0.4, -0.2) is 42.3 Å². The Kier molecular flexibility index (Phi) is 5.69. The Labute approximate surface area is 184 Å². The van der Waals surface area contributed by atoms with Crippen molar-refractivity contribution in [2.24, 2.45) is 0 Å². The van der Waals surface area contributed by atoms with Crippen molar-refractivity contribution in [3.63, 3.8) is 0 Å². The monoisotopic (exact) mass is 490 g/mol. The molecule has 7 nitrogen and oxygen atoms in total. The van der Waals surface area contributed by atoms with Gasteiger partial charge in [0.05, 0.1) is 15.9 Å². The van der Waals surface area contributed by atoms with Crippen LogP contribution in [-0.2, 0) is 23.0 Å². The van der Waals surface area contributed by atoms with Gasteiger partial charge in [-0.1, -0.05) is 6.42 Å². The lowest BCUT2D eigenvalue weighted by molar-refractivity contribution is 0.102. The molecule has 9 heteroatoms. The van der Waals surface area contributed by atoms with Crippen molar-refractivity contribution in [3.05, 3.63) is 52.3 Å². The van der Waals surface area contributed by atoms with Crippen molar-refractivity contribution in [1.82, 2.24) is 13.9 Å². The predicted molar refractivity (Wildman–Crippen MR) is 120 cm³/mol. The Morgan fingerprint density at radius 3 is 2.70 bits per heavy atom. The molecule has 0 saturated heterocycles. The van der Waals surface area contributed by atoms with Crippen LogP contribution in [0.5, 0.6) is 0 Å². The zero-order valence-electron chi connectivity index (χ0n) is 16.9. The summed E-state index contributed by atoms with van der Waals surface area (Å²) in [6.07, 6.45) is 4.49. The molecule has 4 rings (SSSR count). The SMILES string of the molecule is CN(C)S(=O)(=O)c1cc(C(=O)Nc2ccc3c(c2)nc2n3CCCCC2)ccc1Br. The van der Waals surface area contributed by atoms with Crippen LogP contribution in [0.2, 0.25) is 0 Å². The van der Waals surface area contributed by atoms with Crippen LogP contribution < -0.4 is 5.32 Å². The first-order valence-electron chi connectivity index (χ1n) is 9.80. The number of nitrogens with one attached hydrogen (secondary N) is 1. The van der Waals surface area contributed by atoms with Gasteiger partial charge in [0.25, 0.3) is 5.91 Å². The van der Waals surface area contributed by atoms with Crippen LogP contribution >= 0.6 is 15.9 Å². The minimum atomic E-state index is -3.68. The molecule has 1 aliphatic heterocycles. The fourth-order valence-electron chi connectivity index (χ4n) is 3.67. The molecule has 30 heavy (non-hydrogen) atoms. The van der Waals surface area contributed by atoms with Crippen molar-refractivity contribution in [2.75, 3.05) is 19.4 Å². The standard InChI is InChI=1S/C21H23BrN4O3S/c1-25(2)30(28,29)19-12-14(7-9-16(19)22)21(27)23-15-8-10-18-17(13-15)24-20-6-4-3-5-11-26(18)20/h7-10,12-13H,3-6,11H2,1-2H3,(H,23,27). The molecule has 1 aliphatic rings. The molecule has 0 aliphatic carbocycles. The second kappa shape index (κ2) is 8.13. The van der Waals surface area contributed by atoms with Crippen molar-refractivity contribution in [1.29, 1.82) is 0 Å². The molecule has 3 aromatic rings. The van der Waals surface area contributed by atoms with Crippen LogP contribution in [0.15, 0.2) is 45.8 Å². The molecular weight excluding hydrogens is 468 g/mol. The first kappa shape index (κ1) is 21.0. The lowest BCUT2D eigenvalue weighted by Gasteiger charge is -2.14. The van der Waals surface area contributed by atoms with Crippen LogP contribution in [0.3, 0.4) is 0 Å². The molecule has 1 aromatic heterocycles. The highest BCUT2D eigenvalue weighted by Crippen LogP contribution is 2.27. The summed E-state index contributed by atoms with van der Waals surface area (Å²) in [7, 11) is -0.767. The van der Waals surface area contributed by atoms with E-state index >= 15 is 0 Å². The minimum absolute atomic E-state index is 0.0495. The largest absolute Gasteiger partial charge is 0.328 e. The number of halogens is 1. The molecule has 0 radical (unpaired) electrons. The summed E-state index contributed by atoms with van der Waals surface area (Å²) in [6.45, 7) is 0.972. The third-order valence-electron chi connectivity index (χ3n) is 5.32. The van der Waals surface area contributed by atoms with Gasteiger partial charge in [-0.15, -0.1) is 0 Å². The molecule has 0 fully saturated rings. The topological polar surface area (TPSA) is 84.3 Å². The van der Waals surface area contributed by atoms with E-state index in [1.807, 2.05) is 18.2 Å². The normalized spacial score (nSPS) is 14.5. The molecule has 0 spiro atoms. The average molecular weight is 491 g/mol. The predicted octanol–water partition coefficient (Wildman–Crippen LogP) is 4.03. The van der Waals surface area contributed by atoms with E-state index in [0.29, 0.717) is 10.2 Å². The fourth-order valence-corrected chi connectivity index (χ4v) is 5.51. The molecule has 1 N–H and O–H groups in total. The Morgan fingerprint density at radius 2 is 1.93 bits per heavy atom. The van der Waals surface area contributed by atoms with Gasteiger partial charge in [0.15, 0.2) is 0 Å². The number of carbonyl (C=O) groups excluding carboxylic acids is 1. The van der Waals surface area contributed by atoms with E-state index < -0.39 is 10.0 Å². The molecule has 1 amide bonds. The van der Waals surface area contributed by atoms with Crippen molar-refractivity contribution >= 4 is 48.6 Å². The van der Waals surface area contributed by atoms with Crippen molar-refractivity contribution in [3.8, 4) is 0 Å². The molecule has 0 unspecified atom stereocenters. The van der Waals surface area contributed by atoms with Gasteiger partial charge in [0.2, 0.25) is 10.0 Å². The van der Waals surface area contributed by atoms with E-state index in [4.69, 9.17) is 4.98 Å². The number of aryl methyl sites for hydroxylation is 2. The number of nitrogens with zero attached hydrogens (tertiary/aromatic N) is 3. The number of sulfonamides is 1. The van der Waals surface area contributed by atoms with E-state index in [2.05, 4.69) is 25.8 Å². The number of rotatable bonds is 4. The van der Waals surface area contributed by atoms with Crippen molar-refractivity contribution < 1.29 is 13.2 Å². The lowest BCUT2D eigenvalue weighted by atomic mass is 10.2. The summed E-state index contributed by atoms with van der Waals surface area (Å²) in [4.78, 5) is 17.6. The van der Waals surface area contributed by atoms with Crippen molar-refractivity contribution in [2.45, 2.75) is 37.1 Å². The number of imidazole rings is 1. The lowest BCUT2D eigenvalue weighted by Crippen LogP contribution is -2.23. The first-order valence-corrected chi connectivity index (χ1v) is 12.0. The summed E-state index contributed by atoms with van der Waals surface area (Å²) in [5, 5.41) is 2.86. The third-order valence-corrected chi connectivity index (χ3v) is 8.13. The van der Waals surface area contributed by atoms with Gasteiger partial charge in [-0.2, -0.15) is 0 Å². The van der Waals surface area contributed by atoms with E-state index in [0.717, 1.165) is 47.0 Å². The molecule has 0 atom stereocenters. The molecule has 2 heterocycles. The van der Waals surface area contributed by atoms with E-state index in [-0.39, 0.29) is 16.4 Å². The van der Waals surface area contributed by atoms with Crippen LogP contribution in [0.1, 0.15) is 35.4 Å². The second-order valence-corrected chi connectivity index (χ2v) is 10.6. The highest BCUT2D eigenvalue weighted by Gasteiger charge is 2.22. The number of anilines is 1. The Balaban J connectivity index is 1.62. The highest BCUT2D eigenvalue weighted by atomic mass is 79.9. The number of benzene rings is 2. The summed E-state index contributed by atoms with van der Waals surface area (Å²) < 4.78 is 28.8. The Morgan fingerprint density at radius 1 is 1.13 bits per heavy atom. The average Bonchev–Trinajstić information content (AvgIpc) is 2.88.